The second-order valence-electron chi connectivity index (χ2n) is 24.1. The van der Waals surface area contributed by atoms with Crippen molar-refractivity contribution in [2.24, 2.45) is 5.73 Å². The first-order valence-electron chi connectivity index (χ1n) is 30.9. The van der Waals surface area contributed by atoms with Crippen molar-refractivity contribution in [3.05, 3.63) is 0 Å². The minimum absolute atomic E-state index is 0.0570. The summed E-state index contributed by atoms with van der Waals surface area (Å²) in [4.78, 5) is 0. The Morgan fingerprint density at radius 3 is 0.789 bits per heavy atom. The molecule has 0 aromatic carbocycles. The molecule has 42 nitrogen and oxygen atoms in total. The summed E-state index contributed by atoms with van der Waals surface area (Å²) in [7, 11) is 0. The molecule has 40 atom stereocenters. The number of hydrogen-bond acceptors (Lipinski definition) is 42. The van der Waals surface area contributed by atoms with Crippen LogP contribution in [0.2, 0.25) is 0 Å². The van der Waals surface area contributed by atoms with Crippen molar-refractivity contribution in [1.29, 1.82) is 0 Å². The molecule has 42 heteroatoms. The number of hydrogen-bond donors (Lipinski definition) is 26. The summed E-state index contributed by atoms with van der Waals surface area (Å²) in [6.07, 6.45) is -78.0. The lowest BCUT2D eigenvalue weighted by molar-refractivity contribution is -0.396. The Balaban J connectivity index is 0.956. The third-order valence-corrected chi connectivity index (χ3v) is 17.7. The molecule has 95 heavy (non-hydrogen) atoms. The van der Waals surface area contributed by atoms with Gasteiger partial charge < -0.3 is 209 Å². The van der Waals surface area contributed by atoms with Crippen molar-refractivity contribution in [2.75, 3.05) is 66.0 Å². The van der Waals surface area contributed by atoms with Crippen LogP contribution in [-0.2, 0) is 75.8 Å². The van der Waals surface area contributed by atoms with Crippen LogP contribution in [0, 0.1) is 0 Å². The van der Waals surface area contributed by atoms with Crippen molar-refractivity contribution in [3.63, 3.8) is 0 Å². The molecule has 0 radical (unpaired) electrons. The second kappa shape index (κ2) is 35.5. The van der Waals surface area contributed by atoms with E-state index in [-0.39, 0.29) is 6.61 Å². The van der Waals surface area contributed by atoms with Gasteiger partial charge in [-0.1, -0.05) is 0 Å². The molecule has 38 unspecified atom stereocenters. The fraction of sp³-hybridized carbons (Fsp3) is 1.00. The van der Waals surface area contributed by atoms with E-state index >= 15 is 0 Å². The summed E-state index contributed by atoms with van der Waals surface area (Å²) >= 11 is 0. The van der Waals surface area contributed by atoms with Crippen LogP contribution in [0.15, 0.2) is 0 Å². The van der Waals surface area contributed by atoms with E-state index < -0.39 is 299 Å². The normalized spacial score (nSPS) is 49.8. The van der Waals surface area contributed by atoms with Crippen LogP contribution in [0.4, 0.5) is 0 Å². The molecular formula is C53H93NO41. The summed E-state index contributed by atoms with van der Waals surface area (Å²) in [5.41, 5.74) is 5.54. The highest BCUT2D eigenvalue weighted by Crippen LogP contribution is 2.40. The van der Waals surface area contributed by atoms with Gasteiger partial charge in [0, 0.05) is 6.61 Å². The number of rotatable bonds is 30. The summed E-state index contributed by atoms with van der Waals surface area (Å²) < 4.78 is 91.1. The number of ether oxygens (including phenoxy) is 16. The Bertz CT molecular complexity index is 2250. The van der Waals surface area contributed by atoms with Crippen molar-refractivity contribution in [3.8, 4) is 0 Å². The van der Waals surface area contributed by atoms with E-state index in [1.165, 1.54) is 0 Å². The average Bonchev–Trinajstić information content (AvgIpc) is 1.68. The molecule has 556 valence electrons. The van der Waals surface area contributed by atoms with E-state index in [0.29, 0.717) is 25.8 Å². The van der Waals surface area contributed by atoms with Gasteiger partial charge >= 0.3 is 0 Å². The van der Waals surface area contributed by atoms with E-state index in [1.807, 2.05) is 0 Å². The molecule has 0 spiro atoms. The molecule has 8 aliphatic rings. The second-order valence-corrected chi connectivity index (χ2v) is 24.1. The minimum Gasteiger partial charge on any atom is -0.394 e. The van der Waals surface area contributed by atoms with Crippen LogP contribution < -0.4 is 5.73 Å². The maximum absolute atomic E-state index is 11.9. The predicted molar refractivity (Wildman–Crippen MR) is 291 cm³/mol. The molecule has 0 aromatic rings. The predicted octanol–water partition coefficient (Wildman–Crippen LogP) is -17.3. The van der Waals surface area contributed by atoms with Gasteiger partial charge in [0.15, 0.2) is 50.3 Å². The maximum Gasteiger partial charge on any atom is 0.187 e. The fourth-order valence-electron chi connectivity index (χ4n) is 12.2. The van der Waals surface area contributed by atoms with Crippen LogP contribution in [0.5, 0.6) is 0 Å². The fourth-order valence-corrected chi connectivity index (χ4v) is 12.2. The lowest BCUT2D eigenvalue weighted by Crippen LogP contribution is -2.68. The molecule has 8 rings (SSSR count). The number of aliphatic hydroxyl groups is 25. The van der Waals surface area contributed by atoms with Gasteiger partial charge in [0.25, 0.3) is 0 Å². The Morgan fingerprint density at radius 2 is 0.505 bits per heavy atom. The largest absolute Gasteiger partial charge is 0.394 e. The third kappa shape index (κ3) is 17.2. The van der Waals surface area contributed by atoms with Gasteiger partial charge in [-0.15, -0.1) is 0 Å². The molecule has 0 amide bonds. The third-order valence-electron chi connectivity index (χ3n) is 17.7. The molecule has 8 saturated heterocycles. The van der Waals surface area contributed by atoms with Crippen molar-refractivity contribution in [1.82, 2.24) is 0 Å². The lowest BCUT2D eigenvalue weighted by Gasteiger charge is -2.49. The summed E-state index contributed by atoms with van der Waals surface area (Å²) in [6.45, 7) is -7.83. The zero-order chi connectivity index (χ0) is 69.6. The van der Waals surface area contributed by atoms with Crippen molar-refractivity contribution < 1.29 is 203 Å². The van der Waals surface area contributed by atoms with E-state index in [2.05, 4.69) is 0 Å². The van der Waals surface area contributed by atoms with E-state index in [9.17, 15) is 128 Å². The van der Waals surface area contributed by atoms with Crippen molar-refractivity contribution >= 4 is 0 Å². The van der Waals surface area contributed by atoms with Gasteiger partial charge in [-0.2, -0.15) is 0 Å². The Morgan fingerprint density at radius 1 is 0.263 bits per heavy atom. The smallest absolute Gasteiger partial charge is 0.187 e. The quantitative estimate of drug-likeness (QED) is 0.0297. The summed E-state index contributed by atoms with van der Waals surface area (Å²) in [6, 6.07) is 0. The van der Waals surface area contributed by atoms with Gasteiger partial charge in [-0.25, -0.2) is 0 Å². The number of nitrogens with two attached hydrogens (primary N) is 1. The van der Waals surface area contributed by atoms with Gasteiger partial charge in [-0.05, 0) is 25.8 Å². The molecule has 0 bridgehead atoms. The number of aliphatic hydroxyl groups excluding tert-OH is 25. The molecule has 8 aliphatic heterocycles. The highest BCUT2D eigenvalue weighted by atomic mass is 16.8. The molecular weight excluding hydrogens is 1310 g/mol. The Hall–Kier alpha value is -1.68. The molecule has 0 aromatic heterocycles. The molecule has 0 saturated carbocycles. The van der Waals surface area contributed by atoms with Crippen LogP contribution in [0.25, 0.3) is 0 Å². The first kappa shape index (κ1) is 79.0. The molecule has 27 N–H and O–H groups in total. The van der Waals surface area contributed by atoms with Crippen LogP contribution in [0.3, 0.4) is 0 Å². The SMILES string of the molecule is NCCCCCOC1OC([C@H](O)CO)C(OC2OC(CO)C(O)C(OC3OC([C@H](O)CO)C(OC4OC(CO)C(O)C(OC5OC(CO)C(O)C(OC6OC(CO)C(O)C(OC7OC(CO)C(O)C(OC8OC(CO)C(O)C(O)C8O)C7O)C6O)C5O)C4O)C3O)C2O)C1O. The van der Waals surface area contributed by atoms with Crippen LogP contribution in [0.1, 0.15) is 19.3 Å². The van der Waals surface area contributed by atoms with E-state index in [4.69, 9.17) is 81.5 Å². The molecule has 8 heterocycles. The highest BCUT2D eigenvalue weighted by molar-refractivity contribution is 5.02. The Labute approximate surface area is 539 Å². The van der Waals surface area contributed by atoms with Crippen LogP contribution in [-0.4, -0.2) is 439 Å². The van der Waals surface area contributed by atoms with Gasteiger partial charge in [0.1, 0.15) is 195 Å². The van der Waals surface area contributed by atoms with Gasteiger partial charge in [-0.3, -0.25) is 0 Å². The zero-order valence-electron chi connectivity index (χ0n) is 50.6. The van der Waals surface area contributed by atoms with E-state index in [1.54, 1.807) is 0 Å². The topological polar surface area (TPSA) is 679 Å². The molecule has 0 aliphatic carbocycles. The first-order chi connectivity index (χ1) is 45.3. The Kier molecular flexibility index (Phi) is 29.5. The average molecular weight is 1400 g/mol. The molecule has 8 fully saturated rings. The minimum atomic E-state index is -2.37. The van der Waals surface area contributed by atoms with Crippen molar-refractivity contribution in [2.45, 2.75) is 265 Å². The lowest BCUT2D eigenvalue weighted by atomic mass is 9.95. The van der Waals surface area contributed by atoms with E-state index in [0.717, 1.165) is 0 Å². The summed E-state index contributed by atoms with van der Waals surface area (Å²) in [5.74, 6) is 0. The van der Waals surface area contributed by atoms with Gasteiger partial charge in [0.05, 0.1) is 52.9 Å². The van der Waals surface area contributed by atoms with Crippen LogP contribution >= 0.6 is 0 Å². The monoisotopic (exact) mass is 1400 g/mol. The maximum atomic E-state index is 11.9. The standard InChI is InChI=1S/C53H93NO41/c54-4-2-1-3-5-80-46-35(78)44(37(87-46)14(63)6-55)94-51-34(77)43(27(70)21(13-62)85-51)93-53-36(79)45(38(88-53)15(64)7-56)95-52-33(76)42(26(69)20(12-61)86-52)92-50-32(75)41(25(68)19(11-60)84-50)91-49-31(74)40(24(67)18(10-59)83-49)90-48-30(73)39(23(66)17(9-58)82-48)89-47-29(72)28(71)22(65)16(8-57)81-47/h14-53,55-79H,1-13,54H2/t14-,15-,16?,17?,18?,19?,20?,21?,22?,23?,24?,25?,26?,27?,28?,29?,30?,31?,32?,33?,34?,35?,36?,37?,38?,39?,40?,41?,42?,43?,44?,45?,46?,47?,48?,49?,50?,51?,52?,53?/m1/s1. The zero-order valence-corrected chi connectivity index (χ0v) is 50.6. The number of unbranched alkanes of at least 4 members (excludes halogenated alkanes) is 2. The summed E-state index contributed by atoms with van der Waals surface area (Å²) in [5, 5.41) is 272. The van der Waals surface area contributed by atoms with Gasteiger partial charge in [0.2, 0.25) is 0 Å². The highest BCUT2D eigenvalue weighted by Gasteiger charge is 2.61. The first-order valence-corrected chi connectivity index (χ1v) is 30.9.